The third kappa shape index (κ3) is 4.88. The predicted molar refractivity (Wildman–Crippen MR) is 96.3 cm³/mol. The second kappa shape index (κ2) is 9.09. The summed E-state index contributed by atoms with van der Waals surface area (Å²) in [6.07, 6.45) is 29.3. The van der Waals surface area contributed by atoms with E-state index < -0.39 is 17.0 Å². The molecule has 0 amide bonds. The monoisotopic (exact) mass is 382 g/mol. The molecule has 2 fully saturated rings. The third-order valence-corrected chi connectivity index (χ3v) is 5.64. The second-order valence-electron chi connectivity index (χ2n) is 7.05. The van der Waals surface area contributed by atoms with Gasteiger partial charge in [0.2, 0.25) is 0 Å². The van der Waals surface area contributed by atoms with Crippen LogP contribution in [-0.4, -0.2) is 0 Å². The average Bonchev–Trinajstić information content (AvgIpc) is 3.16. The number of fused-ring (bicyclic) bond motifs is 2. The normalized spacial score (nSPS) is 39.6. The van der Waals surface area contributed by atoms with Gasteiger partial charge in [0.15, 0.2) is 0 Å². The Morgan fingerprint density at radius 2 is 1.13 bits per heavy atom. The van der Waals surface area contributed by atoms with Crippen LogP contribution < -0.4 is 0 Å². The molecule has 0 aliphatic heterocycles. The van der Waals surface area contributed by atoms with Crippen LogP contribution >= 0.6 is 18.6 Å². The molecule has 0 saturated heterocycles. The maximum atomic E-state index is 4.89. The van der Waals surface area contributed by atoms with E-state index in [0.29, 0.717) is 0 Å². The van der Waals surface area contributed by atoms with Gasteiger partial charge < -0.3 is 12.8 Å². The van der Waals surface area contributed by atoms with Crippen LogP contribution in [-0.2, 0) is 17.0 Å². The van der Waals surface area contributed by atoms with Crippen LogP contribution in [0.1, 0.15) is 25.7 Å². The van der Waals surface area contributed by atoms with Gasteiger partial charge in [0.05, 0.1) is 0 Å². The van der Waals surface area contributed by atoms with Crippen LogP contribution in [0.25, 0.3) is 0 Å². The van der Waals surface area contributed by atoms with Gasteiger partial charge in [0.1, 0.15) is 0 Å². The van der Waals surface area contributed by atoms with E-state index in [2.05, 4.69) is 61.4 Å². The second-order valence-corrected chi connectivity index (χ2v) is 9.63. The van der Waals surface area contributed by atoms with Crippen molar-refractivity contribution in [2.75, 3.05) is 0 Å². The van der Waals surface area contributed by atoms with Gasteiger partial charge in [-0.25, -0.2) is 0 Å². The predicted octanol–water partition coefficient (Wildman–Crippen LogP) is 6.31. The Hall–Kier alpha value is 0.254. The van der Waals surface area contributed by atoms with Gasteiger partial charge in [0.25, 0.3) is 0 Å². The summed E-state index contributed by atoms with van der Waals surface area (Å²) in [7, 11) is 9.78. The first-order valence-corrected chi connectivity index (χ1v) is 13.0. The van der Waals surface area contributed by atoms with Crippen molar-refractivity contribution in [3.8, 4) is 0 Å². The van der Waals surface area contributed by atoms with Crippen LogP contribution in [0, 0.1) is 48.3 Å². The van der Waals surface area contributed by atoms with E-state index in [-0.39, 0.29) is 0 Å². The first-order chi connectivity index (χ1) is 11.3. The van der Waals surface area contributed by atoms with E-state index in [1.807, 2.05) is 0 Å². The summed E-state index contributed by atoms with van der Waals surface area (Å²) in [4.78, 5) is 0. The minimum atomic E-state index is -0.556. The number of rotatable bonds is 3. The van der Waals surface area contributed by atoms with Gasteiger partial charge in [-0.2, -0.15) is 11.8 Å². The molecule has 0 aromatic heterocycles. The fourth-order valence-electron chi connectivity index (χ4n) is 4.57. The standard InChI is InChI=1S/C20H24.2ClH.Ti/c1-2-6-18-12-15(11-17(18)5-1)9-10-16-13-19-7-3-4-8-20(19)14-16;;;/h1-8,11,13,15-20H,9-10,12,14H2;2*1H;/q-2;;;+2/p-2. The SMILES string of the molecule is C1=CC2[CH-]C(CCC3[CH-]C4C=CC=CC4C3)CC2C=C1.[Cl][Ti][Cl]. The van der Waals surface area contributed by atoms with Crippen LogP contribution in [0.4, 0.5) is 0 Å². The maximum absolute atomic E-state index is 4.89. The summed E-state index contributed by atoms with van der Waals surface area (Å²) in [6.45, 7) is 0. The third-order valence-electron chi connectivity index (χ3n) is 5.64. The van der Waals surface area contributed by atoms with Crippen molar-refractivity contribution >= 4 is 18.6 Å². The zero-order valence-corrected chi connectivity index (χ0v) is 16.4. The van der Waals surface area contributed by atoms with Gasteiger partial charge in [-0.15, -0.1) is 24.0 Å². The van der Waals surface area contributed by atoms with Crippen molar-refractivity contribution in [2.45, 2.75) is 25.7 Å². The molecule has 4 aliphatic carbocycles. The summed E-state index contributed by atoms with van der Waals surface area (Å²) in [5, 5.41) is 0. The molecule has 124 valence electrons. The summed E-state index contributed by atoms with van der Waals surface area (Å²) in [5.41, 5.74) is 0. The molecule has 0 heterocycles. The molecule has 0 radical (unpaired) electrons. The van der Waals surface area contributed by atoms with Crippen molar-refractivity contribution in [3.63, 3.8) is 0 Å². The molecule has 0 bridgehead atoms. The van der Waals surface area contributed by atoms with Crippen LogP contribution in [0.5, 0.6) is 0 Å². The van der Waals surface area contributed by atoms with Gasteiger partial charge >= 0.3 is 35.6 Å². The van der Waals surface area contributed by atoms with Crippen LogP contribution in [0.3, 0.4) is 0 Å². The zero-order chi connectivity index (χ0) is 16.1. The molecule has 0 nitrogen and oxygen atoms in total. The molecule has 23 heavy (non-hydrogen) atoms. The van der Waals surface area contributed by atoms with Crippen molar-refractivity contribution < 1.29 is 17.0 Å². The van der Waals surface area contributed by atoms with Crippen molar-refractivity contribution in [1.29, 1.82) is 0 Å². The average molecular weight is 383 g/mol. The van der Waals surface area contributed by atoms with E-state index in [1.165, 1.54) is 25.7 Å². The number of hydrogen-bond donors (Lipinski definition) is 0. The van der Waals surface area contributed by atoms with E-state index in [4.69, 9.17) is 18.6 Å². The van der Waals surface area contributed by atoms with E-state index in [1.54, 1.807) is 0 Å². The molecule has 0 aromatic rings. The first kappa shape index (κ1) is 18.1. The number of hydrogen-bond acceptors (Lipinski definition) is 0. The Balaban J connectivity index is 0.000000485. The molecule has 0 N–H and O–H groups in total. The van der Waals surface area contributed by atoms with Gasteiger partial charge in [-0.05, 0) is 11.8 Å². The van der Waals surface area contributed by atoms with E-state index in [0.717, 1.165) is 35.5 Å². The first-order valence-electron chi connectivity index (χ1n) is 8.66. The Bertz CT molecular complexity index is 410. The molecule has 6 unspecified atom stereocenters. The molecule has 0 aromatic carbocycles. The molecule has 4 rings (SSSR count). The van der Waals surface area contributed by atoms with Gasteiger partial charge in [-0.1, -0.05) is 62.1 Å². The van der Waals surface area contributed by atoms with Gasteiger partial charge in [0, 0.05) is 0 Å². The Morgan fingerprint density at radius 1 is 0.739 bits per heavy atom. The van der Waals surface area contributed by atoms with Crippen molar-refractivity contribution in [1.82, 2.24) is 0 Å². The Labute approximate surface area is 157 Å². The summed E-state index contributed by atoms with van der Waals surface area (Å²) in [5.74, 6) is 4.74. The van der Waals surface area contributed by atoms with E-state index >= 15 is 0 Å². The Kier molecular flexibility index (Phi) is 7.14. The quantitative estimate of drug-likeness (QED) is 0.396. The minimum absolute atomic E-state index is 0.556. The topological polar surface area (TPSA) is 0 Å². The van der Waals surface area contributed by atoms with Crippen LogP contribution in [0.15, 0.2) is 48.6 Å². The summed E-state index contributed by atoms with van der Waals surface area (Å²) in [6, 6.07) is 0. The van der Waals surface area contributed by atoms with Crippen molar-refractivity contribution in [3.05, 3.63) is 61.4 Å². The fraction of sp³-hybridized carbons (Fsp3) is 0.500. The molecule has 0 spiro atoms. The molecule has 2 saturated carbocycles. The Morgan fingerprint density at radius 3 is 1.52 bits per heavy atom. The number of allylic oxidation sites excluding steroid dienone is 8. The molecular weight excluding hydrogens is 359 g/mol. The van der Waals surface area contributed by atoms with E-state index in [9.17, 15) is 0 Å². The molecule has 6 atom stereocenters. The summed E-state index contributed by atoms with van der Waals surface area (Å²) < 4.78 is 0. The number of halogens is 2. The van der Waals surface area contributed by atoms with Gasteiger partial charge in [-0.3, -0.25) is 0 Å². The fourth-order valence-corrected chi connectivity index (χ4v) is 4.57. The van der Waals surface area contributed by atoms with Crippen molar-refractivity contribution in [2.24, 2.45) is 35.5 Å². The zero-order valence-electron chi connectivity index (χ0n) is 13.3. The van der Waals surface area contributed by atoms with Crippen LogP contribution in [0.2, 0.25) is 0 Å². The molecular formula is C20H24Cl2Ti-2. The summed E-state index contributed by atoms with van der Waals surface area (Å²) >= 11 is -0.556. The molecule has 3 heteroatoms. The molecule has 4 aliphatic rings.